The van der Waals surface area contributed by atoms with Gasteiger partial charge in [0, 0.05) is 12.6 Å². The third-order valence-electron chi connectivity index (χ3n) is 3.66. The molecule has 1 unspecified atom stereocenters. The lowest BCUT2D eigenvalue weighted by atomic mass is 10.1. The number of likely N-dealkylation sites (N-methyl/N-ethyl adjacent to an activating group) is 2. The molecule has 0 radical (unpaired) electrons. The van der Waals surface area contributed by atoms with Crippen molar-refractivity contribution in [2.24, 2.45) is 0 Å². The summed E-state index contributed by atoms with van der Waals surface area (Å²) in [6, 6.07) is 8.83. The molecule has 0 saturated heterocycles. The van der Waals surface area contributed by atoms with Crippen molar-refractivity contribution in [1.29, 1.82) is 0 Å². The summed E-state index contributed by atoms with van der Waals surface area (Å²) in [5.41, 5.74) is 1.32. The first-order valence-corrected chi connectivity index (χ1v) is 7.87. The Morgan fingerprint density at radius 2 is 1.85 bits per heavy atom. The molecule has 114 valence electrons. The molecule has 0 bridgehead atoms. The Balaban J connectivity index is 2.64. The second-order valence-corrected chi connectivity index (χ2v) is 5.09. The van der Waals surface area contributed by atoms with Gasteiger partial charge in [0.25, 0.3) is 0 Å². The molecular formula is C17H30N2O. The molecule has 0 heterocycles. The normalized spacial score (nSPS) is 12.7. The number of ether oxygens (including phenoxy) is 1. The second-order valence-electron chi connectivity index (χ2n) is 5.09. The van der Waals surface area contributed by atoms with Gasteiger partial charge in [-0.15, -0.1) is 0 Å². The summed E-state index contributed by atoms with van der Waals surface area (Å²) >= 11 is 0. The second kappa shape index (κ2) is 9.78. The molecule has 0 fully saturated rings. The monoisotopic (exact) mass is 278 g/mol. The lowest BCUT2D eigenvalue weighted by molar-refractivity contribution is 0.254. The van der Waals surface area contributed by atoms with Crippen LogP contribution >= 0.6 is 0 Å². The maximum Gasteiger partial charge on any atom is 0.119 e. The summed E-state index contributed by atoms with van der Waals surface area (Å²) in [6.07, 6.45) is 2.53. The number of rotatable bonds is 10. The van der Waals surface area contributed by atoms with Gasteiger partial charge in [0.15, 0.2) is 0 Å². The van der Waals surface area contributed by atoms with Crippen LogP contribution in [0, 0.1) is 0 Å². The minimum Gasteiger partial charge on any atom is -0.494 e. The predicted molar refractivity (Wildman–Crippen MR) is 86.4 cm³/mol. The highest BCUT2D eigenvalue weighted by Gasteiger charge is 2.13. The Hall–Kier alpha value is -1.06. The van der Waals surface area contributed by atoms with Crippen LogP contribution in [0.4, 0.5) is 0 Å². The number of nitrogens with one attached hydrogen (secondary N) is 1. The van der Waals surface area contributed by atoms with E-state index in [1.807, 2.05) is 14.0 Å². The smallest absolute Gasteiger partial charge is 0.119 e. The van der Waals surface area contributed by atoms with Crippen molar-refractivity contribution in [1.82, 2.24) is 10.2 Å². The fraction of sp³-hybridized carbons (Fsp3) is 0.647. The predicted octanol–water partition coefficient (Wildman–Crippen LogP) is 3.47. The molecule has 0 aliphatic carbocycles. The Morgan fingerprint density at radius 1 is 1.15 bits per heavy atom. The van der Waals surface area contributed by atoms with E-state index in [0.29, 0.717) is 6.04 Å². The van der Waals surface area contributed by atoms with Gasteiger partial charge in [-0.1, -0.05) is 32.4 Å². The molecular weight excluding hydrogens is 248 g/mol. The molecule has 1 aromatic rings. The Bertz CT molecular complexity index is 351. The van der Waals surface area contributed by atoms with Crippen LogP contribution in [0.5, 0.6) is 5.75 Å². The quantitative estimate of drug-likeness (QED) is 0.709. The van der Waals surface area contributed by atoms with Gasteiger partial charge in [-0.2, -0.15) is 0 Å². The van der Waals surface area contributed by atoms with Crippen LogP contribution in [0.1, 0.15) is 45.2 Å². The molecule has 0 aromatic heterocycles. The van der Waals surface area contributed by atoms with Gasteiger partial charge in [-0.3, -0.25) is 0 Å². The molecule has 20 heavy (non-hydrogen) atoms. The van der Waals surface area contributed by atoms with Crippen molar-refractivity contribution in [3.8, 4) is 5.75 Å². The van der Waals surface area contributed by atoms with Crippen LogP contribution in [0.2, 0.25) is 0 Å². The summed E-state index contributed by atoms with van der Waals surface area (Å²) in [4.78, 5) is 2.52. The average Bonchev–Trinajstić information content (AvgIpc) is 2.49. The van der Waals surface area contributed by atoms with Crippen LogP contribution < -0.4 is 10.1 Å². The first-order valence-electron chi connectivity index (χ1n) is 7.87. The maximum atomic E-state index is 5.50. The van der Waals surface area contributed by atoms with E-state index >= 15 is 0 Å². The zero-order chi connectivity index (χ0) is 14.8. The molecule has 1 atom stereocenters. The zero-order valence-corrected chi connectivity index (χ0v) is 13.5. The summed E-state index contributed by atoms with van der Waals surface area (Å²) in [5.74, 6) is 0.949. The summed E-state index contributed by atoms with van der Waals surface area (Å²) in [6.45, 7) is 10.6. The van der Waals surface area contributed by atoms with Crippen LogP contribution in [0.3, 0.4) is 0 Å². The molecule has 1 aromatic carbocycles. The summed E-state index contributed by atoms with van der Waals surface area (Å²) in [7, 11) is 2.04. The van der Waals surface area contributed by atoms with Gasteiger partial charge in [-0.05, 0) is 51.2 Å². The Kier molecular flexibility index (Phi) is 8.31. The van der Waals surface area contributed by atoms with E-state index in [0.717, 1.165) is 25.4 Å². The van der Waals surface area contributed by atoms with Gasteiger partial charge in [0.1, 0.15) is 5.75 Å². The molecule has 0 amide bonds. The standard InChI is InChI=1S/C17H30N2O/c1-5-8-13-19(6-2)14-17(18-4)15-9-11-16(12-10-15)20-7-3/h9-12,17-18H,5-8,13-14H2,1-4H3. The van der Waals surface area contributed by atoms with Crippen LogP contribution in [-0.4, -0.2) is 38.2 Å². The average molecular weight is 278 g/mol. The van der Waals surface area contributed by atoms with Gasteiger partial charge in [0.05, 0.1) is 6.61 Å². The highest BCUT2D eigenvalue weighted by molar-refractivity contribution is 5.29. The van der Waals surface area contributed by atoms with E-state index in [1.54, 1.807) is 0 Å². The van der Waals surface area contributed by atoms with Crippen molar-refractivity contribution in [2.45, 2.75) is 39.7 Å². The molecule has 1 rings (SSSR count). The number of hydrogen-bond acceptors (Lipinski definition) is 3. The lowest BCUT2D eigenvalue weighted by Gasteiger charge is -2.26. The Morgan fingerprint density at radius 3 is 2.35 bits per heavy atom. The van der Waals surface area contributed by atoms with E-state index in [9.17, 15) is 0 Å². The Labute approximate surface area is 124 Å². The molecule has 0 saturated carbocycles. The highest BCUT2D eigenvalue weighted by Crippen LogP contribution is 2.19. The SMILES string of the molecule is CCCCN(CC)CC(NC)c1ccc(OCC)cc1. The molecule has 3 heteroatoms. The van der Waals surface area contributed by atoms with Crippen molar-refractivity contribution in [3.63, 3.8) is 0 Å². The fourth-order valence-electron chi connectivity index (χ4n) is 2.34. The number of benzene rings is 1. The van der Waals surface area contributed by atoms with Gasteiger partial charge in [-0.25, -0.2) is 0 Å². The lowest BCUT2D eigenvalue weighted by Crippen LogP contribution is -2.34. The van der Waals surface area contributed by atoms with Crippen molar-refractivity contribution in [3.05, 3.63) is 29.8 Å². The van der Waals surface area contributed by atoms with Gasteiger partial charge < -0.3 is 15.0 Å². The maximum absolute atomic E-state index is 5.50. The molecule has 0 aliphatic rings. The largest absolute Gasteiger partial charge is 0.494 e. The van der Waals surface area contributed by atoms with E-state index < -0.39 is 0 Å². The van der Waals surface area contributed by atoms with Crippen LogP contribution in [0.25, 0.3) is 0 Å². The van der Waals surface area contributed by atoms with E-state index in [4.69, 9.17) is 4.74 Å². The summed E-state index contributed by atoms with van der Waals surface area (Å²) < 4.78 is 5.50. The van der Waals surface area contributed by atoms with Crippen molar-refractivity contribution >= 4 is 0 Å². The third kappa shape index (κ3) is 5.51. The van der Waals surface area contributed by atoms with Crippen LogP contribution in [0.15, 0.2) is 24.3 Å². The zero-order valence-electron chi connectivity index (χ0n) is 13.5. The summed E-state index contributed by atoms with van der Waals surface area (Å²) in [5, 5.41) is 3.43. The molecule has 1 N–H and O–H groups in total. The topological polar surface area (TPSA) is 24.5 Å². The van der Waals surface area contributed by atoms with Crippen molar-refractivity contribution in [2.75, 3.05) is 33.3 Å². The minimum atomic E-state index is 0.377. The van der Waals surface area contributed by atoms with Gasteiger partial charge in [0.2, 0.25) is 0 Å². The van der Waals surface area contributed by atoms with E-state index in [-0.39, 0.29) is 0 Å². The first kappa shape index (κ1) is 17.0. The van der Waals surface area contributed by atoms with E-state index in [2.05, 4.69) is 48.3 Å². The number of unbranched alkanes of at least 4 members (excludes halogenated alkanes) is 1. The number of nitrogens with zero attached hydrogens (tertiary/aromatic N) is 1. The van der Waals surface area contributed by atoms with Crippen molar-refractivity contribution < 1.29 is 4.74 Å². The fourth-order valence-corrected chi connectivity index (χ4v) is 2.34. The molecule has 3 nitrogen and oxygen atoms in total. The van der Waals surface area contributed by atoms with Gasteiger partial charge >= 0.3 is 0 Å². The van der Waals surface area contributed by atoms with E-state index in [1.165, 1.54) is 24.9 Å². The number of hydrogen-bond donors (Lipinski definition) is 1. The molecule has 0 spiro atoms. The highest BCUT2D eigenvalue weighted by atomic mass is 16.5. The minimum absolute atomic E-state index is 0.377. The first-order chi connectivity index (χ1) is 9.74. The van der Waals surface area contributed by atoms with Crippen LogP contribution in [-0.2, 0) is 0 Å². The third-order valence-corrected chi connectivity index (χ3v) is 3.66. The molecule has 0 aliphatic heterocycles.